The maximum absolute atomic E-state index is 10.8. The Balaban J connectivity index is 2.76. The van der Waals surface area contributed by atoms with Gasteiger partial charge in [0.2, 0.25) is 0 Å². The lowest BCUT2D eigenvalue weighted by Crippen LogP contribution is -2.09. The largest absolute Gasteiger partial charge is 0.469 e. The summed E-state index contributed by atoms with van der Waals surface area (Å²) in [4.78, 5) is 10.8. The van der Waals surface area contributed by atoms with Gasteiger partial charge >= 0.3 is 5.97 Å². The van der Waals surface area contributed by atoms with Crippen LogP contribution in [0.15, 0.2) is 0 Å². The zero-order chi connectivity index (χ0) is 9.14. The number of aromatic nitrogens is 3. The SMILES string of the molecule is COC(=O)Cc1nnc(C)n1C. The lowest BCUT2D eigenvalue weighted by molar-refractivity contribution is -0.139. The number of aryl methyl sites for hydroxylation is 1. The van der Waals surface area contributed by atoms with E-state index in [0.29, 0.717) is 5.82 Å². The average Bonchev–Trinajstić information content (AvgIpc) is 2.36. The van der Waals surface area contributed by atoms with Crippen molar-refractivity contribution in [1.82, 2.24) is 14.8 Å². The quantitative estimate of drug-likeness (QED) is 0.577. The van der Waals surface area contributed by atoms with Crippen LogP contribution in [0.5, 0.6) is 0 Å². The van der Waals surface area contributed by atoms with Gasteiger partial charge in [0.1, 0.15) is 18.1 Å². The van der Waals surface area contributed by atoms with Gasteiger partial charge in [-0.2, -0.15) is 0 Å². The molecule has 0 spiro atoms. The van der Waals surface area contributed by atoms with Crippen LogP contribution in [0.3, 0.4) is 0 Å². The van der Waals surface area contributed by atoms with Crippen LogP contribution in [-0.2, 0) is 23.0 Å². The molecule has 0 bridgehead atoms. The lowest BCUT2D eigenvalue weighted by atomic mass is 10.4. The summed E-state index contributed by atoms with van der Waals surface area (Å²) in [5.41, 5.74) is 0. The maximum Gasteiger partial charge on any atom is 0.313 e. The summed E-state index contributed by atoms with van der Waals surface area (Å²) in [5, 5.41) is 7.62. The van der Waals surface area contributed by atoms with Crippen molar-refractivity contribution in [2.45, 2.75) is 13.3 Å². The van der Waals surface area contributed by atoms with Crippen LogP contribution in [0, 0.1) is 6.92 Å². The summed E-state index contributed by atoms with van der Waals surface area (Å²) in [7, 11) is 3.17. The highest BCUT2D eigenvalue weighted by Crippen LogP contribution is 1.98. The Hall–Kier alpha value is -1.39. The van der Waals surface area contributed by atoms with Crippen molar-refractivity contribution in [3.8, 4) is 0 Å². The minimum atomic E-state index is -0.300. The van der Waals surface area contributed by atoms with Crippen molar-refractivity contribution in [1.29, 1.82) is 0 Å². The van der Waals surface area contributed by atoms with Gasteiger partial charge in [0.25, 0.3) is 0 Å². The molecule has 0 aliphatic heterocycles. The number of methoxy groups -OCH3 is 1. The predicted molar refractivity (Wildman–Crippen MR) is 41.5 cm³/mol. The molecule has 0 atom stereocenters. The smallest absolute Gasteiger partial charge is 0.313 e. The fourth-order valence-electron chi connectivity index (χ4n) is 0.806. The number of rotatable bonds is 2. The second-order valence-corrected chi connectivity index (χ2v) is 2.48. The van der Waals surface area contributed by atoms with E-state index < -0.39 is 0 Å². The van der Waals surface area contributed by atoms with E-state index in [1.165, 1.54) is 7.11 Å². The summed E-state index contributed by atoms with van der Waals surface area (Å²) in [5.74, 6) is 1.11. The molecule has 0 radical (unpaired) electrons. The van der Waals surface area contributed by atoms with Crippen LogP contribution in [0.2, 0.25) is 0 Å². The molecule has 1 heterocycles. The molecule has 1 rings (SSSR count). The van der Waals surface area contributed by atoms with Crippen molar-refractivity contribution in [2.75, 3.05) is 7.11 Å². The molecule has 1 aromatic rings. The third-order valence-electron chi connectivity index (χ3n) is 1.71. The molecule has 0 aliphatic rings. The second-order valence-electron chi connectivity index (χ2n) is 2.48. The fourth-order valence-corrected chi connectivity index (χ4v) is 0.806. The van der Waals surface area contributed by atoms with Crippen molar-refractivity contribution in [3.63, 3.8) is 0 Å². The van der Waals surface area contributed by atoms with Crippen molar-refractivity contribution >= 4 is 5.97 Å². The minimum absolute atomic E-state index is 0.174. The monoisotopic (exact) mass is 169 g/mol. The maximum atomic E-state index is 10.8. The molecule has 5 nitrogen and oxygen atoms in total. The van der Waals surface area contributed by atoms with Crippen LogP contribution in [-0.4, -0.2) is 27.8 Å². The highest BCUT2D eigenvalue weighted by atomic mass is 16.5. The number of hydrogen-bond donors (Lipinski definition) is 0. The Morgan fingerprint density at radius 3 is 2.67 bits per heavy atom. The first-order chi connectivity index (χ1) is 5.65. The normalized spacial score (nSPS) is 9.92. The second kappa shape index (κ2) is 3.34. The van der Waals surface area contributed by atoms with Crippen LogP contribution in [0.25, 0.3) is 0 Å². The molecule has 0 amide bonds. The summed E-state index contributed by atoms with van der Waals surface area (Å²) < 4.78 is 6.26. The summed E-state index contributed by atoms with van der Waals surface area (Å²) in [6, 6.07) is 0. The van der Waals surface area contributed by atoms with Crippen molar-refractivity contribution in [3.05, 3.63) is 11.6 Å². The van der Waals surface area contributed by atoms with E-state index in [1.54, 1.807) is 4.57 Å². The van der Waals surface area contributed by atoms with Crippen LogP contribution < -0.4 is 0 Å². The molecular weight excluding hydrogens is 158 g/mol. The summed E-state index contributed by atoms with van der Waals surface area (Å²) in [6.07, 6.45) is 0.174. The Bertz CT molecular complexity index is 293. The number of esters is 1. The van der Waals surface area contributed by atoms with Crippen molar-refractivity contribution < 1.29 is 9.53 Å². The third kappa shape index (κ3) is 1.61. The highest BCUT2D eigenvalue weighted by Gasteiger charge is 2.09. The first-order valence-electron chi connectivity index (χ1n) is 3.57. The molecular formula is C7H11N3O2. The van der Waals surface area contributed by atoms with Gasteiger partial charge in [0.15, 0.2) is 0 Å². The Labute approximate surface area is 70.4 Å². The van der Waals surface area contributed by atoms with Crippen LogP contribution >= 0.6 is 0 Å². The topological polar surface area (TPSA) is 57.0 Å². The Morgan fingerprint density at radius 2 is 2.25 bits per heavy atom. The van der Waals surface area contributed by atoms with Gasteiger partial charge in [-0.25, -0.2) is 0 Å². The molecule has 0 aliphatic carbocycles. The summed E-state index contributed by atoms with van der Waals surface area (Å²) >= 11 is 0. The zero-order valence-electron chi connectivity index (χ0n) is 7.37. The summed E-state index contributed by atoms with van der Waals surface area (Å²) in [6.45, 7) is 1.83. The van der Waals surface area contributed by atoms with E-state index in [1.807, 2.05) is 14.0 Å². The number of ether oxygens (including phenoxy) is 1. The molecule has 12 heavy (non-hydrogen) atoms. The van der Waals surface area contributed by atoms with Gasteiger partial charge in [-0.3, -0.25) is 4.79 Å². The van der Waals surface area contributed by atoms with Gasteiger partial charge in [-0.1, -0.05) is 0 Å². The standard InChI is InChI=1S/C7H11N3O2/c1-5-8-9-6(10(5)2)4-7(11)12-3/h4H2,1-3H3. The van der Waals surface area contributed by atoms with Gasteiger partial charge < -0.3 is 9.30 Å². The van der Waals surface area contributed by atoms with E-state index in [4.69, 9.17) is 0 Å². The zero-order valence-corrected chi connectivity index (χ0v) is 7.37. The molecule has 0 fully saturated rings. The molecule has 0 saturated carbocycles. The third-order valence-corrected chi connectivity index (χ3v) is 1.71. The molecule has 0 N–H and O–H groups in total. The van der Waals surface area contributed by atoms with Crippen LogP contribution in [0.1, 0.15) is 11.6 Å². The van der Waals surface area contributed by atoms with Gasteiger partial charge in [-0.05, 0) is 6.92 Å². The Kier molecular flexibility index (Phi) is 2.42. The fraction of sp³-hybridized carbons (Fsp3) is 0.571. The molecule has 0 aromatic carbocycles. The average molecular weight is 169 g/mol. The Morgan fingerprint density at radius 1 is 1.58 bits per heavy atom. The van der Waals surface area contributed by atoms with E-state index in [0.717, 1.165) is 5.82 Å². The minimum Gasteiger partial charge on any atom is -0.469 e. The van der Waals surface area contributed by atoms with E-state index in [2.05, 4.69) is 14.9 Å². The molecule has 0 unspecified atom stereocenters. The van der Waals surface area contributed by atoms with Gasteiger partial charge in [0, 0.05) is 7.05 Å². The predicted octanol–water partition coefficient (Wildman–Crippen LogP) is -0.161. The number of carbonyl (C=O) groups is 1. The number of carbonyl (C=O) groups excluding carboxylic acids is 1. The van der Waals surface area contributed by atoms with E-state index in [-0.39, 0.29) is 12.4 Å². The first kappa shape index (κ1) is 8.70. The van der Waals surface area contributed by atoms with Gasteiger partial charge in [0.05, 0.1) is 7.11 Å². The number of hydrogen-bond acceptors (Lipinski definition) is 4. The molecule has 66 valence electrons. The number of nitrogens with zero attached hydrogens (tertiary/aromatic N) is 3. The van der Waals surface area contributed by atoms with E-state index >= 15 is 0 Å². The molecule has 0 saturated heterocycles. The first-order valence-corrected chi connectivity index (χ1v) is 3.57. The van der Waals surface area contributed by atoms with E-state index in [9.17, 15) is 4.79 Å². The lowest BCUT2D eigenvalue weighted by Gasteiger charge is -1.99. The highest BCUT2D eigenvalue weighted by molar-refractivity contribution is 5.71. The van der Waals surface area contributed by atoms with Gasteiger partial charge in [-0.15, -0.1) is 10.2 Å². The van der Waals surface area contributed by atoms with Crippen LogP contribution in [0.4, 0.5) is 0 Å². The molecule has 1 aromatic heterocycles. The van der Waals surface area contributed by atoms with Crippen molar-refractivity contribution in [2.24, 2.45) is 7.05 Å². The molecule has 5 heteroatoms.